The molecule has 1 aromatic heterocycles. The molecule has 1 saturated heterocycles. The van der Waals surface area contributed by atoms with Crippen LogP contribution in [0.2, 0.25) is 0 Å². The van der Waals surface area contributed by atoms with Crippen LogP contribution in [0.4, 0.5) is 5.69 Å². The largest absolute Gasteiger partial charge is 0.326 e. The number of aryl methyl sites for hydroxylation is 2. The molecule has 4 nitrogen and oxygen atoms in total. The van der Waals surface area contributed by atoms with Gasteiger partial charge in [-0.1, -0.05) is 18.2 Å². The molecular weight excluding hydrogens is 308 g/mol. The number of hydrogen-bond donors (Lipinski definition) is 1. The van der Waals surface area contributed by atoms with Crippen molar-refractivity contribution in [3.63, 3.8) is 0 Å². The van der Waals surface area contributed by atoms with E-state index in [9.17, 15) is 9.59 Å². The Morgan fingerprint density at radius 2 is 2.09 bits per heavy atom. The summed E-state index contributed by atoms with van der Waals surface area (Å²) in [7, 11) is 0. The Labute approximate surface area is 140 Å². The first kappa shape index (κ1) is 15.7. The molecule has 1 fully saturated rings. The number of thiophene rings is 1. The number of nitrogens with zero attached hydrogens (tertiary/aromatic N) is 1. The Bertz CT molecular complexity index is 725. The van der Waals surface area contributed by atoms with E-state index >= 15 is 0 Å². The minimum absolute atomic E-state index is 0.0429. The average Bonchev–Trinajstić information content (AvgIpc) is 3.20. The fraction of sp³-hybridized carbons (Fsp3) is 0.333. The van der Waals surface area contributed by atoms with Gasteiger partial charge in [0.1, 0.15) is 6.04 Å². The molecule has 0 saturated carbocycles. The molecule has 5 heteroatoms. The maximum absolute atomic E-state index is 12.7. The summed E-state index contributed by atoms with van der Waals surface area (Å²) in [5, 5.41) is 4.88. The Kier molecular flexibility index (Phi) is 4.48. The fourth-order valence-corrected chi connectivity index (χ4v) is 3.59. The summed E-state index contributed by atoms with van der Waals surface area (Å²) in [6, 6.07) is 9.27. The van der Waals surface area contributed by atoms with Crippen LogP contribution in [0.5, 0.6) is 0 Å². The van der Waals surface area contributed by atoms with E-state index in [0.29, 0.717) is 17.8 Å². The van der Waals surface area contributed by atoms with Crippen LogP contribution in [0.3, 0.4) is 0 Å². The summed E-state index contributed by atoms with van der Waals surface area (Å²) in [6.07, 6.45) is 1.58. The lowest BCUT2D eigenvalue weighted by Gasteiger charge is -2.24. The van der Waals surface area contributed by atoms with Crippen LogP contribution in [0, 0.1) is 13.8 Å². The van der Waals surface area contributed by atoms with Crippen LogP contribution >= 0.6 is 11.3 Å². The Morgan fingerprint density at radius 3 is 2.83 bits per heavy atom. The number of likely N-dealkylation sites (tertiary alicyclic amines) is 1. The van der Waals surface area contributed by atoms with E-state index in [-0.39, 0.29) is 17.9 Å². The van der Waals surface area contributed by atoms with Crippen molar-refractivity contribution in [1.29, 1.82) is 0 Å². The predicted molar refractivity (Wildman–Crippen MR) is 92.9 cm³/mol. The quantitative estimate of drug-likeness (QED) is 0.936. The molecule has 1 atom stereocenters. The number of amides is 2. The number of carbonyl (C=O) groups excluding carboxylic acids is 2. The van der Waals surface area contributed by atoms with Crippen molar-refractivity contribution in [1.82, 2.24) is 4.90 Å². The maximum atomic E-state index is 12.7. The Balaban J connectivity index is 1.76. The van der Waals surface area contributed by atoms with Crippen LogP contribution in [-0.4, -0.2) is 29.3 Å². The smallest absolute Gasteiger partial charge is 0.264 e. The van der Waals surface area contributed by atoms with Gasteiger partial charge in [-0.05, 0) is 55.3 Å². The number of anilines is 1. The van der Waals surface area contributed by atoms with E-state index in [2.05, 4.69) is 5.32 Å². The normalized spacial score (nSPS) is 17.3. The Hall–Kier alpha value is -2.14. The standard InChI is InChI=1S/C18H20N2O2S/c1-12-7-8-13(2)14(11-12)19-17(21)15-5-3-9-20(15)18(22)16-6-4-10-23-16/h4,6-8,10-11,15H,3,5,9H2,1-2H3,(H,19,21)/t15-/m0/s1. The van der Waals surface area contributed by atoms with Gasteiger partial charge in [0, 0.05) is 12.2 Å². The van der Waals surface area contributed by atoms with Crippen LogP contribution in [-0.2, 0) is 4.79 Å². The summed E-state index contributed by atoms with van der Waals surface area (Å²) >= 11 is 1.42. The zero-order valence-corrected chi connectivity index (χ0v) is 14.2. The summed E-state index contributed by atoms with van der Waals surface area (Å²) in [5.74, 6) is -0.139. The molecule has 0 radical (unpaired) electrons. The highest BCUT2D eigenvalue weighted by Gasteiger charge is 2.35. The molecule has 0 aliphatic carbocycles. The molecule has 0 spiro atoms. The molecule has 1 aliphatic rings. The lowest BCUT2D eigenvalue weighted by Crippen LogP contribution is -2.43. The SMILES string of the molecule is Cc1ccc(C)c(NC(=O)[C@@H]2CCCN2C(=O)c2cccs2)c1. The fourth-order valence-electron chi connectivity index (χ4n) is 2.91. The maximum Gasteiger partial charge on any atom is 0.264 e. The molecular formula is C18H20N2O2S. The van der Waals surface area contributed by atoms with Crippen molar-refractivity contribution in [2.45, 2.75) is 32.7 Å². The van der Waals surface area contributed by atoms with Gasteiger partial charge in [-0.25, -0.2) is 0 Å². The molecule has 2 heterocycles. The van der Waals surface area contributed by atoms with E-state index in [1.54, 1.807) is 4.90 Å². The number of benzene rings is 1. The minimum Gasteiger partial charge on any atom is -0.326 e. The summed E-state index contributed by atoms with van der Waals surface area (Å²) in [5.41, 5.74) is 2.95. The van der Waals surface area contributed by atoms with E-state index in [4.69, 9.17) is 0 Å². The monoisotopic (exact) mass is 328 g/mol. The summed E-state index contributed by atoms with van der Waals surface area (Å²) in [4.78, 5) is 27.6. The number of carbonyl (C=O) groups is 2. The molecule has 0 bridgehead atoms. The number of nitrogens with one attached hydrogen (secondary N) is 1. The Morgan fingerprint density at radius 1 is 1.26 bits per heavy atom. The molecule has 3 rings (SSSR count). The second kappa shape index (κ2) is 6.54. The van der Waals surface area contributed by atoms with Crippen molar-refractivity contribution in [3.8, 4) is 0 Å². The molecule has 2 aromatic rings. The highest BCUT2D eigenvalue weighted by atomic mass is 32.1. The second-order valence-electron chi connectivity index (χ2n) is 5.94. The third kappa shape index (κ3) is 3.29. The average molecular weight is 328 g/mol. The van der Waals surface area contributed by atoms with Gasteiger partial charge in [0.05, 0.1) is 4.88 Å². The number of rotatable bonds is 3. The first-order chi connectivity index (χ1) is 11.1. The van der Waals surface area contributed by atoms with Gasteiger partial charge in [0.15, 0.2) is 0 Å². The highest BCUT2D eigenvalue weighted by molar-refractivity contribution is 7.12. The molecule has 1 aromatic carbocycles. The van der Waals surface area contributed by atoms with Crippen molar-refractivity contribution < 1.29 is 9.59 Å². The van der Waals surface area contributed by atoms with Crippen molar-refractivity contribution in [3.05, 3.63) is 51.7 Å². The van der Waals surface area contributed by atoms with Crippen molar-refractivity contribution in [2.75, 3.05) is 11.9 Å². The van der Waals surface area contributed by atoms with Gasteiger partial charge in [-0.15, -0.1) is 11.3 Å². The van der Waals surface area contributed by atoms with Gasteiger partial charge in [0.25, 0.3) is 5.91 Å². The summed E-state index contributed by atoms with van der Waals surface area (Å²) < 4.78 is 0. The molecule has 0 unspecified atom stereocenters. The van der Waals surface area contributed by atoms with E-state index in [1.807, 2.05) is 49.6 Å². The van der Waals surface area contributed by atoms with Crippen molar-refractivity contribution in [2.24, 2.45) is 0 Å². The topological polar surface area (TPSA) is 49.4 Å². The molecule has 1 aliphatic heterocycles. The lowest BCUT2D eigenvalue weighted by molar-refractivity contribution is -0.119. The van der Waals surface area contributed by atoms with E-state index < -0.39 is 0 Å². The molecule has 23 heavy (non-hydrogen) atoms. The van der Waals surface area contributed by atoms with Gasteiger partial charge in [-0.3, -0.25) is 9.59 Å². The van der Waals surface area contributed by atoms with E-state index in [0.717, 1.165) is 23.2 Å². The number of hydrogen-bond acceptors (Lipinski definition) is 3. The second-order valence-corrected chi connectivity index (χ2v) is 6.89. The van der Waals surface area contributed by atoms with Crippen LogP contribution in [0.15, 0.2) is 35.7 Å². The zero-order chi connectivity index (χ0) is 16.4. The highest BCUT2D eigenvalue weighted by Crippen LogP contribution is 2.24. The van der Waals surface area contributed by atoms with Crippen molar-refractivity contribution >= 4 is 28.8 Å². The van der Waals surface area contributed by atoms with E-state index in [1.165, 1.54) is 11.3 Å². The van der Waals surface area contributed by atoms with Gasteiger partial charge in [0.2, 0.25) is 5.91 Å². The van der Waals surface area contributed by atoms with Gasteiger partial charge >= 0.3 is 0 Å². The molecule has 2 amide bonds. The van der Waals surface area contributed by atoms with Gasteiger partial charge in [-0.2, -0.15) is 0 Å². The first-order valence-corrected chi connectivity index (χ1v) is 8.67. The van der Waals surface area contributed by atoms with Crippen LogP contribution in [0.25, 0.3) is 0 Å². The van der Waals surface area contributed by atoms with Gasteiger partial charge < -0.3 is 10.2 Å². The minimum atomic E-state index is -0.385. The van der Waals surface area contributed by atoms with Crippen LogP contribution < -0.4 is 5.32 Å². The third-order valence-corrected chi connectivity index (χ3v) is 5.06. The molecule has 1 N–H and O–H groups in total. The predicted octanol–water partition coefficient (Wildman–Crippen LogP) is 3.61. The zero-order valence-electron chi connectivity index (χ0n) is 13.3. The molecule has 120 valence electrons. The van der Waals surface area contributed by atoms with Crippen LogP contribution in [0.1, 0.15) is 33.6 Å². The lowest BCUT2D eigenvalue weighted by atomic mass is 10.1. The first-order valence-electron chi connectivity index (χ1n) is 7.79. The summed E-state index contributed by atoms with van der Waals surface area (Å²) in [6.45, 7) is 4.61. The third-order valence-electron chi connectivity index (χ3n) is 4.20.